The highest BCUT2D eigenvalue weighted by Gasteiger charge is 2.07. The van der Waals surface area contributed by atoms with Crippen LogP contribution in [0.25, 0.3) is 0 Å². The SMILES string of the molecule is CC(=O)/C(C)=C(\C#N)CC(C)C. The van der Waals surface area contributed by atoms with Gasteiger partial charge in [-0.15, -0.1) is 0 Å². The van der Waals surface area contributed by atoms with Gasteiger partial charge in [0.2, 0.25) is 0 Å². The fourth-order valence-corrected chi connectivity index (χ4v) is 0.903. The van der Waals surface area contributed by atoms with Crippen LogP contribution in [0.4, 0.5) is 0 Å². The molecule has 0 aromatic carbocycles. The summed E-state index contributed by atoms with van der Waals surface area (Å²) in [6, 6.07) is 2.07. The molecule has 0 bridgehead atoms. The van der Waals surface area contributed by atoms with Crippen LogP contribution in [0, 0.1) is 17.2 Å². The molecule has 0 aromatic rings. The molecule has 0 saturated heterocycles. The monoisotopic (exact) mass is 165 g/mol. The van der Waals surface area contributed by atoms with Crippen molar-refractivity contribution >= 4 is 5.78 Å². The van der Waals surface area contributed by atoms with Gasteiger partial charge in [-0.3, -0.25) is 4.79 Å². The number of allylic oxidation sites excluding steroid dienone is 2. The Bertz CT molecular complexity index is 243. The van der Waals surface area contributed by atoms with Gasteiger partial charge in [-0.05, 0) is 26.2 Å². The molecule has 0 rings (SSSR count). The zero-order chi connectivity index (χ0) is 9.72. The molecule has 0 radical (unpaired) electrons. The zero-order valence-corrected chi connectivity index (χ0v) is 8.14. The molecule has 0 fully saturated rings. The fourth-order valence-electron chi connectivity index (χ4n) is 0.903. The van der Waals surface area contributed by atoms with E-state index in [0.717, 1.165) is 0 Å². The summed E-state index contributed by atoms with van der Waals surface area (Å²) in [6.07, 6.45) is 0.696. The fraction of sp³-hybridized carbons (Fsp3) is 0.600. The number of carbonyl (C=O) groups excluding carboxylic acids is 1. The topological polar surface area (TPSA) is 40.9 Å². The van der Waals surface area contributed by atoms with Crippen molar-refractivity contribution in [1.82, 2.24) is 0 Å². The smallest absolute Gasteiger partial charge is 0.156 e. The van der Waals surface area contributed by atoms with E-state index in [2.05, 4.69) is 6.07 Å². The van der Waals surface area contributed by atoms with Crippen LogP contribution in [0.15, 0.2) is 11.1 Å². The Balaban J connectivity index is 4.66. The predicted molar refractivity (Wildman–Crippen MR) is 48.4 cm³/mol. The van der Waals surface area contributed by atoms with Crippen molar-refractivity contribution in [2.24, 2.45) is 5.92 Å². The maximum atomic E-state index is 10.9. The molecule has 0 atom stereocenters. The normalized spacial score (nSPS) is 12.3. The molecule has 0 unspecified atom stereocenters. The maximum absolute atomic E-state index is 10.9. The second-order valence-corrected chi connectivity index (χ2v) is 3.37. The summed E-state index contributed by atoms with van der Waals surface area (Å²) in [5.41, 5.74) is 1.23. The lowest BCUT2D eigenvalue weighted by molar-refractivity contribution is -0.113. The van der Waals surface area contributed by atoms with Gasteiger partial charge in [-0.2, -0.15) is 5.26 Å². The van der Waals surface area contributed by atoms with E-state index in [4.69, 9.17) is 5.26 Å². The number of hydrogen-bond acceptors (Lipinski definition) is 2. The number of ketones is 1. The molecule has 0 heterocycles. The Labute approximate surface area is 73.9 Å². The maximum Gasteiger partial charge on any atom is 0.156 e. The number of carbonyl (C=O) groups is 1. The molecule has 66 valence electrons. The molecule has 0 aliphatic carbocycles. The van der Waals surface area contributed by atoms with Crippen LogP contribution < -0.4 is 0 Å². The zero-order valence-electron chi connectivity index (χ0n) is 8.14. The Morgan fingerprint density at radius 3 is 2.17 bits per heavy atom. The third-order valence-electron chi connectivity index (χ3n) is 1.73. The number of nitriles is 1. The summed E-state index contributed by atoms with van der Waals surface area (Å²) in [6.45, 7) is 7.27. The minimum atomic E-state index is -0.00722. The number of Topliss-reactive ketones (excluding diaryl/α,β-unsaturated/α-hetero) is 1. The van der Waals surface area contributed by atoms with Crippen LogP contribution in [-0.4, -0.2) is 5.78 Å². The summed E-state index contributed by atoms with van der Waals surface area (Å²) in [5, 5.41) is 8.73. The first-order chi connectivity index (χ1) is 5.49. The standard InChI is InChI=1S/C10H15NO/c1-7(2)5-10(6-11)8(3)9(4)12/h7H,5H2,1-4H3/b10-8-. The van der Waals surface area contributed by atoms with Crippen molar-refractivity contribution < 1.29 is 4.79 Å². The average Bonchev–Trinajstić information content (AvgIpc) is 1.98. The van der Waals surface area contributed by atoms with Crippen molar-refractivity contribution in [3.63, 3.8) is 0 Å². The van der Waals surface area contributed by atoms with Gasteiger partial charge in [0.15, 0.2) is 5.78 Å². The number of nitrogens with zero attached hydrogens (tertiary/aromatic N) is 1. The van der Waals surface area contributed by atoms with E-state index < -0.39 is 0 Å². The molecule has 0 aromatic heterocycles. The number of hydrogen-bond donors (Lipinski definition) is 0. The van der Waals surface area contributed by atoms with Gasteiger partial charge in [0.25, 0.3) is 0 Å². The lowest BCUT2D eigenvalue weighted by Crippen LogP contribution is -1.99. The number of rotatable bonds is 3. The van der Waals surface area contributed by atoms with E-state index in [1.54, 1.807) is 6.92 Å². The first kappa shape index (κ1) is 10.9. The minimum Gasteiger partial charge on any atom is -0.295 e. The van der Waals surface area contributed by atoms with Crippen LogP contribution in [0.5, 0.6) is 0 Å². The highest BCUT2D eigenvalue weighted by Crippen LogP contribution is 2.14. The molecule has 2 nitrogen and oxygen atoms in total. The minimum absolute atomic E-state index is 0.00722. The Hall–Kier alpha value is -1.10. The molecule has 0 aliphatic rings. The van der Waals surface area contributed by atoms with Gasteiger partial charge in [0.1, 0.15) is 0 Å². The van der Waals surface area contributed by atoms with Crippen molar-refractivity contribution in [3.8, 4) is 6.07 Å². The summed E-state index contributed by atoms with van der Waals surface area (Å²) in [7, 11) is 0. The first-order valence-electron chi connectivity index (χ1n) is 4.09. The lowest BCUT2D eigenvalue weighted by atomic mass is 9.98. The van der Waals surface area contributed by atoms with Crippen LogP contribution in [0.2, 0.25) is 0 Å². The van der Waals surface area contributed by atoms with Crippen LogP contribution >= 0.6 is 0 Å². The van der Waals surface area contributed by atoms with E-state index in [1.807, 2.05) is 13.8 Å². The highest BCUT2D eigenvalue weighted by molar-refractivity contribution is 5.94. The van der Waals surface area contributed by atoms with Crippen molar-refractivity contribution in [1.29, 1.82) is 5.26 Å². The summed E-state index contributed by atoms with van der Waals surface area (Å²) >= 11 is 0. The third-order valence-corrected chi connectivity index (χ3v) is 1.73. The third kappa shape index (κ3) is 3.34. The Kier molecular flexibility index (Phi) is 4.28. The second-order valence-electron chi connectivity index (χ2n) is 3.37. The Morgan fingerprint density at radius 2 is 1.92 bits per heavy atom. The van der Waals surface area contributed by atoms with Gasteiger partial charge >= 0.3 is 0 Å². The Morgan fingerprint density at radius 1 is 1.42 bits per heavy atom. The van der Waals surface area contributed by atoms with Gasteiger partial charge in [0, 0.05) is 11.1 Å². The van der Waals surface area contributed by atoms with E-state index >= 15 is 0 Å². The highest BCUT2D eigenvalue weighted by atomic mass is 16.1. The van der Waals surface area contributed by atoms with Crippen molar-refractivity contribution in [3.05, 3.63) is 11.1 Å². The summed E-state index contributed by atoms with van der Waals surface area (Å²) in [5.74, 6) is 0.418. The van der Waals surface area contributed by atoms with Gasteiger partial charge in [-0.1, -0.05) is 13.8 Å². The molecule has 12 heavy (non-hydrogen) atoms. The molecule has 0 aliphatic heterocycles. The molecule has 0 amide bonds. The van der Waals surface area contributed by atoms with Crippen LogP contribution in [0.3, 0.4) is 0 Å². The molecule has 2 heteroatoms. The predicted octanol–water partition coefficient (Wildman–Crippen LogP) is 2.46. The summed E-state index contributed by atoms with van der Waals surface area (Å²) < 4.78 is 0. The van der Waals surface area contributed by atoms with E-state index in [9.17, 15) is 4.79 Å². The molecule has 0 saturated carbocycles. The lowest BCUT2D eigenvalue weighted by Gasteiger charge is -2.04. The van der Waals surface area contributed by atoms with Gasteiger partial charge in [-0.25, -0.2) is 0 Å². The largest absolute Gasteiger partial charge is 0.295 e. The molecular weight excluding hydrogens is 150 g/mol. The van der Waals surface area contributed by atoms with Crippen LogP contribution in [0.1, 0.15) is 34.1 Å². The second kappa shape index (κ2) is 4.71. The summed E-state index contributed by atoms with van der Waals surface area (Å²) in [4.78, 5) is 10.9. The molecular formula is C10H15NO. The van der Waals surface area contributed by atoms with E-state index in [1.165, 1.54) is 6.92 Å². The van der Waals surface area contributed by atoms with Crippen molar-refractivity contribution in [2.75, 3.05) is 0 Å². The van der Waals surface area contributed by atoms with E-state index in [0.29, 0.717) is 23.5 Å². The average molecular weight is 165 g/mol. The van der Waals surface area contributed by atoms with E-state index in [-0.39, 0.29) is 5.78 Å². The van der Waals surface area contributed by atoms with Gasteiger partial charge in [0.05, 0.1) is 6.07 Å². The molecule has 0 spiro atoms. The first-order valence-corrected chi connectivity index (χ1v) is 4.09. The quantitative estimate of drug-likeness (QED) is 0.476. The van der Waals surface area contributed by atoms with Crippen molar-refractivity contribution in [2.45, 2.75) is 34.1 Å². The molecule has 0 N–H and O–H groups in total. The van der Waals surface area contributed by atoms with Crippen LogP contribution in [-0.2, 0) is 4.79 Å². The van der Waals surface area contributed by atoms with Gasteiger partial charge < -0.3 is 0 Å².